The number of carbonyl (C=O) groups excluding carboxylic acids is 1. The fraction of sp³-hybridized carbons (Fsp3) is 0.800. The molecule has 1 aliphatic rings. The van der Waals surface area contributed by atoms with Crippen molar-refractivity contribution >= 4 is 11.9 Å². The zero-order valence-corrected chi connectivity index (χ0v) is 9.19. The van der Waals surface area contributed by atoms with Gasteiger partial charge in [0.25, 0.3) is 0 Å². The van der Waals surface area contributed by atoms with E-state index in [0.29, 0.717) is 25.4 Å². The number of carboxylic acids is 1. The Morgan fingerprint density at radius 2 is 2.20 bits per heavy atom. The van der Waals surface area contributed by atoms with Crippen LogP contribution in [0.25, 0.3) is 0 Å². The van der Waals surface area contributed by atoms with Crippen LogP contribution < -0.4 is 5.32 Å². The standard InChI is InChI=1S/C10H18N2O3/c1-7(2)5-9(13)12-4-3-11-8(6-12)10(14)15/h7-8,11H,3-6H2,1-2H3,(H,14,15). The van der Waals surface area contributed by atoms with Gasteiger partial charge in [0.1, 0.15) is 6.04 Å². The molecular weight excluding hydrogens is 196 g/mol. The molecule has 1 saturated heterocycles. The second-order valence-electron chi connectivity index (χ2n) is 4.28. The highest BCUT2D eigenvalue weighted by Gasteiger charge is 2.27. The normalized spacial score (nSPS) is 21.8. The van der Waals surface area contributed by atoms with E-state index in [1.165, 1.54) is 0 Å². The highest BCUT2D eigenvalue weighted by Crippen LogP contribution is 2.07. The van der Waals surface area contributed by atoms with Crippen molar-refractivity contribution in [3.05, 3.63) is 0 Å². The monoisotopic (exact) mass is 214 g/mol. The molecule has 0 saturated carbocycles. The lowest BCUT2D eigenvalue weighted by atomic mass is 10.1. The van der Waals surface area contributed by atoms with Crippen molar-refractivity contribution in [2.45, 2.75) is 26.3 Å². The molecular formula is C10H18N2O3. The van der Waals surface area contributed by atoms with Crippen molar-refractivity contribution < 1.29 is 14.7 Å². The lowest BCUT2D eigenvalue weighted by molar-refractivity contribution is -0.142. The number of hydrogen-bond donors (Lipinski definition) is 2. The Hall–Kier alpha value is -1.10. The molecule has 0 aromatic carbocycles. The molecule has 1 atom stereocenters. The van der Waals surface area contributed by atoms with Crippen molar-refractivity contribution in [1.82, 2.24) is 10.2 Å². The molecule has 86 valence electrons. The molecule has 0 aromatic heterocycles. The van der Waals surface area contributed by atoms with Gasteiger partial charge in [0.15, 0.2) is 0 Å². The number of piperazine rings is 1. The maximum Gasteiger partial charge on any atom is 0.322 e. The molecule has 0 radical (unpaired) electrons. The Morgan fingerprint density at radius 1 is 1.53 bits per heavy atom. The van der Waals surface area contributed by atoms with Gasteiger partial charge in [0.2, 0.25) is 5.91 Å². The lowest BCUT2D eigenvalue weighted by Gasteiger charge is -2.32. The van der Waals surface area contributed by atoms with E-state index in [1.807, 2.05) is 13.8 Å². The second kappa shape index (κ2) is 5.11. The molecule has 1 aliphatic heterocycles. The molecule has 0 aliphatic carbocycles. The third-order valence-corrected chi connectivity index (χ3v) is 2.41. The van der Waals surface area contributed by atoms with Gasteiger partial charge in [0, 0.05) is 26.1 Å². The van der Waals surface area contributed by atoms with Crippen LogP contribution in [0.2, 0.25) is 0 Å². The second-order valence-corrected chi connectivity index (χ2v) is 4.28. The van der Waals surface area contributed by atoms with Gasteiger partial charge in [-0.15, -0.1) is 0 Å². The summed E-state index contributed by atoms with van der Waals surface area (Å²) in [5.41, 5.74) is 0. The molecule has 5 heteroatoms. The Labute approximate surface area is 89.4 Å². The number of rotatable bonds is 3. The van der Waals surface area contributed by atoms with Crippen LogP contribution in [0.1, 0.15) is 20.3 Å². The van der Waals surface area contributed by atoms with Crippen molar-refractivity contribution in [3.63, 3.8) is 0 Å². The molecule has 5 nitrogen and oxygen atoms in total. The number of aliphatic carboxylic acids is 1. The van der Waals surface area contributed by atoms with Gasteiger partial charge >= 0.3 is 5.97 Å². The Balaban J connectivity index is 2.48. The Morgan fingerprint density at radius 3 is 2.73 bits per heavy atom. The van der Waals surface area contributed by atoms with Gasteiger partial charge in [-0.25, -0.2) is 0 Å². The molecule has 1 unspecified atom stereocenters. The summed E-state index contributed by atoms with van der Waals surface area (Å²) in [5, 5.41) is 11.7. The summed E-state index contributed by atoms with van der Waals surface area (Å²) in [6.45, 7) is 5.40. The highest BCUT2D eigenvalue weighted by molar-refractivity contribution is 5.79. The smallest absolute Gasteiger partial charge is 0.322 e. The number of nitrogens with zero attached hydrogens (tertiary/aromatic N) is 1. The van der Waals surface area contributed by atoms with Crippen LogP contribution in [0.3, 0.4) is 0 Å². The Bertz CT molecular complexity index is 253. The largest absolute Gasteiger partial charge is 0.480 e. The predicted octanol–water partition coefficient (Wildman–Crippen LogP) is -0.0825. The van der Waals surface area contributed by atoms with Crippen LogP contribution in [-0.4, -0.2) is 47.6 Å². The molecule has 15 heavy (non-hydrogen) atoms. The third-order valence-electron chi connectivity index (χ3n) is 2.41. The minimum absolute atomic E-state index is 0.0535. The SMILES string of the molecule is CC(C)CC(=O)N1CCNC(C(=O)O)C1. The van der Waals surface area contributed by atoms with E-state index in [4.69, 9.17) is 5.11 Å². The molecule has 2 N–H and O–H groups in total. The number of amides is 1. The van der Waals surface area contributed by atoms with Gasteiger partial charge in [0.05, 0.1) is 0 Å². The molecule has 0 bridgehead atoms. The maximum atomic E-state index is 11.7. The van der Waals surface area contributed by atoms with E-state index >= 15 is 0 Å². The van der Waals surface area contributed by atoms with Crippen LogP contribution in [0, 0.1) is 5.92 Å². The zero-order chi connectivity index (χ0) is 11.4. The summed E-state index contributed by atoms with van der Waals surface area (Å²) in [6, 6.07) is -0.616. The molecule has 0 spiro atoms. The van der Waals surface area contributed by atoms with E-state index < -0.39 is 12.0 Å². The summed E-state index contributed by atoms with van der Waals surface area (Å²) < 4.78 is 0. The van der Waals surface area contributed by atoms with E-state index in [2.05, 4.69) is 5.32 Å². The zero-order valence-electron chi connectivity index (χ0n) is 9.19. The van der Waals surface area contributed by atoms with Crippen LogP contribution >= 0.6 is 0 Å². The fourth-order valence-corrected chi connectivity index (χ4v) is 1.62. The van der Waals surface area contributed by atoms with Crippen molar-refractivity contribution in [2.24, 2.45) is 5.92 Å². The van der Waals surface area contributed by atoms with Gasteiger partial charge in [-0.3, -0.25) is 9.59 Å². The summed E-state index contributed by atoms with van der Waals surface area (Å²) in [5.74, 6) is -0.523. The summed E-state index contributed by atoms with van der Waals surface area (Å²) >= 11 is 0. The summed E-state index contributed by atoms with van der Waals surface area (Å²) in [7, 11) is 0. The molecule has 1 heterocycles. The minimum Gasteiger partial charge on any atom is -0.480 e. The molecule has 0 aromatic rings. The highest BCUT2D eigenvalue weighted by atomic mass is 16.4. The third kappa shape index (κ3) is 3.51. The predicted molar refractivity (Wildman–Crippen MR) is 55.5 cm³/mol. The first kappa shape index (κ1) is 12.0. The number of carboxylic acid groups (broad SMARTS) is 1. The first-order chi connectivity index (χ1) is 7.00. The maximum absolute atomic E-state index is 11.7. The number of hydrogen-bond acceptors (Lipinski definition) is 3. The molecule has 1 rings (SSSR count). The van der Waals surface area contributed by atoms with Gasteiger partial charge < -0.3 is 15.3 Å². The first-order valence-electron chi connectivity index (χ1n) is 5.24. The molecule has 1 amide bonds. The number of carbonyl (C=O) groups is 2. The van der Waals surface area contributed by atoms with Crippen molar-refractivity contribution in [2.75, 3.05) is 19.6 Å². The quantitative estimate of drug-likeness (QED) is 0.689. The van der Waals surface area contributed by atoms with E-state index in [0.717, 1.165) is 0 Å². The van der Waals surface area contributed by atoms with Gasteiger partial charge in [-0.1, -0.05) is 13.8 Å². The minimum atomic E-state index is -0.892. The lowest BCUT2D eigenvalue weighted by Crippen LogP contribution is -2.55. The van der Waals surface area contributed by atoms with Gasteiger partial charge in [-0.2, -0.15) is 0 Å². The average molecular weight is 214 g/mol. The van der Waals surface area contributed by atoms with Crippen LogP contribution in [-0.2, 0) is 9.59 Å². The van der Waals surface area contributed by atoms with Crippen molar-refractivity contribution in [3.8, 4) is 0 Å². The van der Waals surface area contributed by atoms with Crippen LogP contribution in [0.4, 0.5) is 0 Å². The van der Waals surface area contributed by atoms with Gasteiger partial charge in [-0.05, 0) is 5.92 Å². The van der Waals surface area contributed by atoms with E-state index in [9.17, 15) is 9.59 Å². The Kier molecular flexibility index (Phi) is 4.08. The van der Waals surface area contributed by atoms with E-state index in [-0.39, 0.29) is 12.5 Å². The molecule has 1 fully saturated rings. The number of nitrogens with one attached hydrogen (secondary N) is 1. The topological polar surface area (TPSA) is 69.6 Å². The summed E-state index contributed by atoms with van der Waals surface area (Å²) in [4.78, 5) is 24.1. The van der Waals surface area contributed by atoms with Crippen LogP contribution in [0.5, 0.6) is 0 Å². The van der Waals surface area contributed by atoms with E-state index in [1.54, 1.807) is 4.90 Å². The summed E-state index contributed by atoms with van der Waals surface area (Å²) in [6.07, 6.45) is 0.492. The average Bonchev–Trinajstić information content (AvgIpc) is 2.17. The van der Waals surface area contributed by atoms with Crippen LogP contribution in [0.15, 0.2) is 0 Å². The first-order valence-corrected chi connectivity index (χ1v) is 5.24. The fourth-order valence-electron chi connectivity index (χ4n) is 1.62. The van der Waals surface area contributed by atoms with Crippen molar-refractivity contribution in [1.29, 1.82) is 0 Å².